The van der Waals surface area contributed by atoms with Crippen LogP contribution in [0.2, 0.25) is 5.02 Å². The largest absolute Gasteiger partial charge is 0.414 e. The van der Waals surface area contributed by atoms with Crippen LogP contribution < -0.4 is 5.32 Å². The molecule has 2 heterocycles. The number of hydrogen-bond donors (Lipinski definition) is 2. The minimum atomic E-state index is -4.76. The number of pyridine rings is 1. The Kier molecular flexibility index (Phi) is 7.02. The van der Waals surface area contributed by atoms with Crippen molar-refractivity contribution in [2.75, 3.05) is 23.9 Å². The highest BCUT2D eigenvalue weighted by Crippen LogP contribution is 2.38. The minimum absolute atomic E-state index is 0.00763. The molecule has 1 unspecified atom stereocenters. The van der Waals surface area contributed by atoms with Gasteiger partial charge in [-0.05, 0) is 55.0 Å². The molecule has 2 aromatic rings. The van der Waals surface area contributed by atoms with Crippen molar-refractivity contribution in [3.05, 3.63) is 58.1 Å². The molecule has 6 nitrogen and oxygen atoms in total. The van der Waals surface area contributed by atoms with Gasteiger partial charge in [0, 0.05) is 40.2 Å². The number of fused-ring (bicyclic) bond motifs is 1. The summed E-state index contributed by atoms with van der Waals surface area (Å²) in [5, 5.41) is 3.22. The van der Waals surface area contributed by atoms with Crippen molar-refractivity contribution < 1.29 is 26.6 Å². The van der Waals surface area contributed by atoms with E-state index in [1.807, 2.05) is 0 Å². The van der Waals surface area contributed by atoms with Crippen molar-refractivity contribution in [3.63, 3.8) is 0 Å². The highest BCUT2D eigenvalue weighted by molar-refractivity contribution is 7.92. The van der Waals surface area contributed by atoms with Gasteiger partial charge in [-0.15, -0.1) is 0 Å². The summed E-state index contributed by atoms with van der Waals surface area (Å²) in [5.74, 6) is -1.84. The third-order valence-corrected chi connectivity index (χ3v) is 8.72. The lowest BCUT2D eigenvalue weighted by molar-refractivity contribution is -0.191. The van der Waals surface area contributed by atoms with Crippen molar-refractivity contribution in [2.45, 2.75) is 43.9 Å². The fourth-order valence-electron chi connectivity index (χ4n) is 4.78. The number of anilines is 1. The monoisotopic (exact) mass is 532 g/mol. The number of rotatable bonds is 5. The second kappa shape index (κ2) is 9.57. The molecule has 1 saturated heterocycles. The van der Waals surface area contributed by atoms with Gasteiger partial charge in [0.15, 0.2) is 6.04 Å². The van der Waals surface area contributed by atoms with Crippen LogP contribution in [0, 0.1) is 16.5 Å². The van der Waals surface area contributed by atoms with Gasteiger partial charge in [-0.25, -0.2) is 8.60 Å². The fraction of sp³-hybridized carbons (Fsp3) is 0.478. The van der Waals surface area contributed by atoms with E-state index in [0.29, 0.717) is 29.0 Å². The van der Waals surface area contributed by atoms with Crippen LogP contribution in [-0.4, -0.2) is 50.8 Å². The predicted molar refractivity (Wildman–Crippen MR) is 125 cm³/mol. The summed E-state index contributed by atoms with van der Waals surface area (Å²) in [6, 6.07) is 3.55. The molecule has 1 aromatic carbocycles. The maximum Gasteiger partial charge on any atom is 0.414 e. The number of alkyl halides is 3. The normalized spacial score (nSPS) is 25.1. The Morgan fingerprint density at radius 3 is 2.51 bits per heavy atom. The van der Waals surface area contributed by atoms with Gasteiger partial charge in [-0.1, -0.05) is 17.7 Å². The van der Waals surface area contributed by atoms with E-state index in [0.717, 1.165) is 12.6 Å². The van der Waals surface area contributed by atoms with Crippen LogP contribution in [0.25, 0.3) is 0 Å². The molecule has 0 spiro atoms. The van der Waals surface area contributed by atoms with Crippen LogP contribution in [0.5, 0.6) is 0 Å². The SMILES string of the molecule is CN(C(=O)C1CCS(=N)(=O)CC1)[C@@H](c1ccc(NC2Cc3ccc(Cl)c(F)c3C2)cn1)C(F)(F)F. The number of carbonyl (C=O) groups is 1. The van der Waals surface area contributed by atoms with E-state index in [1.165, 1.54) is 24.4 Å². The number of benzene rings is 1. The molecule has 4 rings (SSSR count). The molecule has 1 aliphatic carbocycles. The first-order valence-corrected chi connectivity index (χ1v) is 13.4. The molecule has 0 saturated carbocycles. The summed E-state index contributed by atoms with van der Waals surface area (Å²) in [7, 11) is -1.66. The van der Waals surface area contributed by atoms with Crippen molar-refractivity contribution in [2.24, 2.45) is 5.92 Å². The van der Waals surface area contributed by atoms with Gasteiger partial charge in [0.1, 0.15) is 5.82 Å². The molecular weight excluding hydrogens is 508 g/mol. The van der Waals surface area contributed by atoms with Gasteiger partial charge < -0.3 is 10.2 Å². The third-order valence-electron chi connectivity index (χ3n) is 6.63. The number of halogens is 5. The summed E-state index contributed by atoms with van der Waals surface area (Å²) in [4.78, 5) is 17.5. The molecule has 0 radical (unpaired) electrons. The second-order valence-corrected chi connectivity index (χ2v) is 12.0. The molecule has 2 atom stereocenters. The molecule has 35 heavy (non-hydrogen) atoms. The summed E-state index contributed by atoms with van der Waals surface area (Å²) >= 11 is 5.85. The van der Waals surface area contributed by atoms with Gasteiger partial charge in [0.25, 0.3) is 0 Å². The molecule has 190 valence electrons. The second-order valence-electron chi connectivity index (χ2n) is 9.11. The topological polar surface area (TPSA) is 86.2 Å². The van der Waals surface area contributed by atoms with Gasteiger partial charge >= 0.3 is 6.18 Å². The van der Waals surface area contributed by atoms with Crippen LogP contribution in [-0.2, 0) is 27.4 Å². The van der Waals surface area contributed by atoms with Crippen molar-refractivity contribution in [3.8, 4) is 0 Å². The molecule has 1 fully saturated rings. The highest BCUT2D eigenvalue weighted by atomic mass is 35.5. The molecule has 1 aromatic heterocycles. The Balaban J connectivity index is 1.46. The number of nitrogens with one attached hydrogen (secondary N) is 2. The predicted octanol–water partition coefficient (Wildman–Crippen LogP) is 4.97. The van der Waals surface area contributed by atoms with Crippen LogP contribution in [0.1, 0.15) is 35.7 Å². The van der Waals surface area contributed by atoms with E-state index in [1.54, 1.807) is 6.07 Å². The summed E-state index contributed by atoms with van der Waals surface area (Å²) in [6.07, 6.45) is -2.30. The van der Waals surface area contributed by atoms with E-state index in [9.17, 15) is 26.6 Å². The van der Waals surface area contributed by atoms with Crippen LogP contribution in [0.3, 0.4) is 0 Å². The Morgan fingerprint density at radius 2 is 1.91 bits per heavy atom. The van der Waals surface area contributed by atoms with Crippen molar-refractivity contribution >= 4 is 32.9 Å². The lowest BCUT2D eigenvalue weighted by Crippen LogP contribution is -2.44. The summed E-state index contributed by atoms with van der Waals surface area (Å²) in [5.41, 5.74) is 1.51. The lowest BCUT2D eigenvalue weighted by atomic mass is 9.99. The first-order chi connectivity index (χ1) is 16.4. The molecule has 1 aliphatic heterocycles. The maximum atomic E-state index is 14.2. The first-order valence-electron chi connectivity index (χ1n) is 11.1. The van der Waals surface area contributed by atoms with Gasteiger partial charge in [0.05, 0.1) is 22.6 Å². The quantitative estimate of drug-likeness (QED) is 0.532. The van der Waals surface area contributed by atoms with Crippen molar-refractivity contribution in [1.29, 1.82) is 4.78 Å². The highest BCUT2D eigenvalue weighted by Gasteiger charge is 2.47. The molecule has 1 amide bonds. The van der Waals surface area contributed by atoms with Crippen molar-refractivity contribution in [1.82, 2.24) is 9.88 Å². The van der Waals surface area contributed by atoms with Crippen LogP contribution >= 0.6 is 11.6 Å². The fourth-order valence-corrected chi connectivity index (χ4v) is 6.49. The zero-order valence-electron chi connectivity index (χ0n) is 18.9. The zero-order valence-corrected chi connectivity index (χ0v) is 20.4. The van der Waals surface area contributed by atoms with E-state index in [-0.39, 0.29) is 41.1 Å². The molecule has 0 bridgehead atoms. The average Bonchev–Trinajstić information content (AvgIpc) is 3.19. The summed E-state index contributed by atoms with van der Waals surface area (Å²) < 4.78 is 75.7. The minimum Gasteiger partial charge on any atom is -0.380 e. The number of aromatic nitrogens is 1. The Morgan fingerprint density at radius 1 is 1.23 bits per heavy atom. The van der Waals surface area contributed by atoms with E-state index in [4.69, 9.17) is 16.4 Å². The number of amides is 1. The molecule has 2 aliphatic rings. The zero-order chi connectivity index (χ0) is 25.5. The molecule has 2 N–H and O–H groups in total. The Labute approximate surface area is 206 Å². The molecule has 12 heteroatoms. The Hall–Kier alpha value is -2.40. The van der Waals surface area contributed by atoms with E-state index < -0.39 is 39.6 Å². The smallest absolute Gasteiger partial charge is 0.380 e. The lowest BCUT2D eigenvalue weighted by Gasteiger charge is -2.33. The van der Waals surface area contributed by atoms with Gasteiger partial charge in [-0.3, -0.25) is 14.6 Å². The molecular formula is C23H25ClF4N4O2S. The third kappa shape index (κ3) is 5.55. The average molecular weight is 533 g/mol. The van der Waals surface area contributed by atoms with E-state index >= 15 is 0 Å². The Bertz CT molecular complexity index is 1210. The number of carbonyl (C=O) groups excluding carboxylic acids is 1. The first kappa shape index (κ1) is 25.7. The van der Waals surface area contributed by atoms with Crippen LogP contribution in [0.4, 0.5) is 23.2 Å². The van der Waals surface area contributed by atoms with E-state index in [2.05, 4.69) is 10.3 Å². The van der Waals surface area contributed by atoms with Gasteiger partial charge in [-0.2, -0.15) is 13.2 Å². The van der Waals surface area contributed by atoms with Gasteiger partial charge in [0.2, 0.25) is 5.91 Å². The summed E-state index contributed by atoms with van der Waals surface area (Å²) in [6.45, 7) is 0. The maximum absolute atomic E-state index is 14.2. The van der Waals surface area contributed by atoms with Crippen LogP contribution in [0.15, 0.2) is 30.5 Å². The number of hydrogen-bond acceptors (Lipinski definition) is 5. The number of nitrogens with zero attached hydrogens (tertiary/aromatic N) is 2. The standard InChI is InChI=1S/C23H25ClF4N4O2S/c1-32(22(33)13-6-8-35(29,34)9-7-13)21(23(26,27)28)19-5-3-15(12-30-19)31-16-10-14-2-4-18(24)20(25)17(14)11-16/h2-5,12-13,16,21,29,31H,6-11H2,1H3/t13?,16?,21-,35?/m0/s1.